The van der Waals surface area contributed by atoms with Gasteiger partial charge in [0.25, 0.3) is 0 Å². The average molecular weight is 384 g/mol. The molecule has 6 nitrogen and oxygen atoms in total. The van der Waals surface area contributed by atoms with Crippen molar-refractivity contribution in [1.29, 1.82) is 0 Å². The van der Waals surface area contributed by atoms with Gasteiger partial charge in [0.05, 0.1) is 4.90 Å². The van der Waals surface area contributed by atoms with Gasteiger partial charge in [0.15, 0.2) is 0 Å². The van der Waals surface area contributed by atoms with Crippen LogP contribution >= 0.6 is 0 Å². The van der Waals surface area contributed by atoms with E-state index in [0.717, 1.165) is 22.8 Å². The van der Waals surface area contributed by atoms with Gasteiger partial charge in [-0.3, -0.25) is 10.0 Å². The Morgan fingerprint density at radius 3 is 2.26 bits per heavy atom. The molecular weight excluding hydrogens is 364 g/mol. The number of fused-ring (bicyclic) bond motifs is 2. The van der Waals surface area contributed by atoms with Crippen molar-refractivity contribution in [1.82, 2.24) is 9.79 Å². The maximum absolute atomic E-state index is 13.0. The standard InChI is InChI=1S/C19H17NO2S.CH3NO2/c21-23(22,19-10-9-15-5-1-3-7-17(15)13-19)20-12-11-16-6-2-4-8-18(16)14-20;3-1-2-4/h1-10,13H,11-12,14H2;1,4H,(H,2,3). The van der Waals surface area contributed by atoms with E-state index in [4.69, 9.17) is 10.0 Å². The zero-order valence-electron chi connectivity index (χ0n) is 14.6. The van der Waals surface area contributed by atoms with E-state index in [-0.39, 0.29) is 6.41 Å². The Kier molecular flexibility index (Phi) is 5.85. The van der Waals surface area contributed by atoms with Gasteiger partial charge in [-0.25, -0.2) is 13.9 Å². The summed E-state index contributed by atoms with van der Waals surface area (Å²) in [6.45, 7) is 0.984. The van der Waals surface area contributed by atoms with E-state index in [1.54, 1.807) is 16.4 Å². The lowest BCUT2D eigenvalue weighted by molar-refractivity contribution is -0.116. The van der Waals surface area contributed by atoms with Crippen molar-refractivity contribution in [2.45, 2.75) is 17.9 Å². The minimum atomic E-state index is -3.46. The lowest BCUT2D eigenvalue weighted by Crippen LogP contribution is -2.35. The van der Waals surface area contributed by atoms with E-state index >= 15 is 0 Å². The summed E-state index contributed by atoms with van der Waals surface area (Å²) in [6, 6.07) is 21.2. The van der Waals surface area contributed by atoms with Crippen molar-refractivity contribution in [3.8, 4) is 0 Å². The van der Waals surface area contributed by atoms with Crippen LogP contribution in [0.5, 0.6) is 0 Å². The smallest absolute Gasteiger partial charge is 0.243 e. The molecule has 0 atom stereocenters. The third kappa shape index (κ3) is 4.16. The molecule has 1 amide bonds. The fraction of sp³-hybridized carbons (Fsp3) is 0.150. The van der Waals surface area contributed by atoms with Crippen LogP contribution in [0.2, 0.25) is 0 Å². The van der Waals surface area contributed by atoms with Crippen LogP contribution in [0.4, 0.5) is 0 Å². The molecule has 1 heterocycles. The lowest BCUT2D eigenvalue weighted by Gasteiger charge is -2.28. The molecule has 0 aromatic heterocycles. The van der Waals surface area contributed by atoms with Crippen LogP contribution in [0.25, 0.3) is 10.8 Å². The van der Waals surface area contributed by atoms with Gasteiger partial charge in [0.1, 0.15) is 0 Å². The summed E-state index contributed by atoms with van der Waals surface area (Å²) in [5.41, 5.74) is 3.60. The normalized spacial score (nSPS) is 14.0. The summed E-state index contributed by atoms with van der Waals surface area (Å²) < 4.78 is 27.5. The summed E-state index contributed by atoms with van der Waals surface area (Å²) >= 11 is 0. The number of benzene rings is 3. The van der Waals surface area contributed by atoms with Crippen molar-refractivity contribution in [2.75, 3.05) is 6.54 Å². The molecule has 0 bridgehead atoms. The molecule has 1 aliphatic heterocycles. The molecule has 3 aromatic rings. The highest BCUT2D eigenvalue weighted by molar-refractivity contribution is 7.89. The molecule has 0 saturated carbocycles. The van der Waals surface area contributed by atoms with Crippen molar-refractivity contribution >= 4 is 27.2 Å². The first kappa shape index (κ1) is 19.0. The summed E-state index contributed by atoms with van der Waals surface area (Å²) in [6.07, 6.45) is 0.947. The maximum atomic E-state index is 13.0. The second-order valence-electron chi connectivity index (χ2n) is 6.11. The number of hydrogen-bond donors (Lipinski definition) is 2. The first-order chi connectivity index (χ1) is 13.1. The molecule has 0 radical (unpaired) electrons. The van der Waals surface area contributed by atoms with Gasteiger partial charge in [0, 0.05) is 13.1 Å². The number of amides is 1. The number of hydrogen-bond acceptors (Lipinski definition) is 4. The lowest BCUT2D eigenvalue weighted by atomic mass is 10.0. The molecular formula is C20H20N2O4S. The molecule has 140 valence electrons. The fourth-order valence-corrected chi connectivity index (χ4v) is 4.61. The maximum Gasteiger partial charge on any atom is 0.243 e. The number of hydroxylamine groups is 1. The van der Waals surface area contributed by atoms with Crippen LogP contribution in [0.15, 0.2) is 71.6 Å². The molecule has 3 aromatic carbocycles. The third-order valence-electron chi connectivity index (χ3n) is 4.51. The van der Waals surface area contributed by atoms with Crippen molar-refractivity contribution in [3.05, 3.63) is 77.9 Å². The van der Waals surface area contributed by atoms with Crippen LogP contribution in [-0.4, -0.2) is 30.9 Å². The van der Waals surface area contributed by atoms with Gasteiger partial charge in [-0.05, 0) is 40.5 Å². The van der Waals surface area contributed by atoms with Gasteiger partial charge >= 0.3 is 0 Å². The molecule has 1 aliphatic rings. The van der Waals surface area contributed by atoms with E-state index in [1.165, 1.54) is 11.0 Å². The first-order valence-corrected chi connectivity index (χ1v) is 9.89. The molecule has 0 spiro atoms. The Balaban J connectivity index is 0.000000481. The molecule has 27 heavy (non-hydrogen) atoms. The van der Waals surface area contributed by atoms with Gasteiger partial charge in [-0.2, -0.15) is 4.31 Å². The Hall–Kier alpha value is -2.74. The minimum Gasteiger partial charge on any atom is -0.289 e. The molecule has 4 rings (SSSR count). The minimum absolute atomic E-state index is 0.181. The van der Waals surface area contributed by atoms with Gasteiger partial charge in [-0.15, -0.1) is 0 Å². The second-order valence-corrected chi connectivity index (χ2v) is 8.05. The molecule has 0 saturated heterocycles. The van der Waals surface area contributed by atoms with Crippen LogP contribution in [0.3, 0.4) is 0 Å². The number of nitrogens with zero attached hydrogens (tertiary/aromatic N) is 1. The summed E-state index contributed by atoms with van der Waals surface area (Å²) in [5.74, 6) is 0. The van der Waals surface area contributed by atoms with Crippen molar-refractivity contribution < 1.29 is 18.4 Å². The topological polar surface area (TPSA) is 86.7 Å². The molecule has 7 heteroatoms. The van der Waals surface area contributed by atoms with Crippen molar-refractivity contribution in [3.63, 3.8) is 0 Å². The Labute approximate surface area is 158 Å². The highest BCUT2D eigenvalue weighted by Gasteiger charge is 2.28. The number of sulfonamides is 1. The van der Waals surface area contributed by atoms with E-state index in [2.05, 4.69) is 6.07 Å². The summed E-state index contributed by atoms with van der Waals surface area (Å²) in [7, 11) is -3.46. The van der Waals surface area contributed by atoms with Crippen molar-refractivity contribution in [2.24, 2.45) is 0 Å². The zero-order valence-corrected chi connectivity index (χ0v) is 15.4. The van der Waals surface area contributed by atoms with Crippen LogP contribution < -0.4 is 5.48 Å². The van der Waals surface area contributed by atoms with Gasteiger partial charge in [0.2, 0.25) is 16.4 Å². The number of rotatable bonds is 3. The Morgan fingerprint density at radius 1 is 0.926 bits per heavy atom. The Bertz CT molecular complexity index is 1050. The molecule has 0 fully saturated rings. The predicted molar refractivity (Wildman–Crippen MR) is 103 cm³/mol. The monoisotopic (exact) mass is 384 g/mol. The highest BCUT2D eigenvalue weighted by atomic mass is 32.2. The fourth-order valence-electron chi connectivity index (χ4n) is 3.15. The van der Waals surface area contributed by atoms with Gasteiger partial charge in [-0.1, -0.05) is 54.6 Å². The van der Waals surface area contributed by atoms with Gasteiger partial charge < -0.3 is 0 Å². The summed E-state index contributed by atoms with van der Waals surface area (Å²) in [4.78, 5) is 9.18. The van der Waals surface area contributed by atoms with E-state index < -0.39 is 10.0 Å². The predicted octanol–water partition coefficient (Wildman–Crippen LogP) is 2.71. The van der Waals surface area contributed by atoms with Crippen LogP contribution in [0.1, 0.15) is 11.1 Å². The van der Waals surface area contributed by atoms with E-state index in [0.29, 0.717) is 18.0 Å². The number of nitrogens with one attached hydrogen (secondary N) is 1. The SMILES string of the molecule is O=CNO.O=S(=O)(c1ccc2ccccc2c1)N1CCc2ccccc2C1. The van der Waals surface area contributed by atoms with Crippen LogP contribution in [0, 0.1) is 0 Å². The van der Waals surface area contributed by atoms with E-state index in [1.807, 2.05) is 48.5 Å². The summed E-state index contributed by atoms with van der Waals surface area (Å²) in [5, 5.41) is 9.26. The van der Waals surface area contributed by atoms with Crippen LogP contribution in [-0.2, 0) is 27.8 Å². The average Bonchev–Trinajstić information content (AvgIpc) is 2.73. The highest BCUT2D eigenvalue weighted by Crippen LogP contribution is 2.26. The van der Waals surface area contributed by atoms with E-state index in [9.17, 15) is 8.42 Å². The third-order valence-corrected chi connectivity index (χ3v) is 6.35. The second kappa shape index (κ2) is 8.30. The number of carbonyl (C=O) groups excluding carboxylic acids is 1. The first-order valence-electron chi connectivity index (χ1n) is 8.45. The quantitative estimate of drug-likeness (QED) is 0.413. The Morgan fingerprint density at radius 2 is 1.56 bits per heavy atom. The molecule has 2 N–H and O–H groups in total. The number of carbonyl (C=O) groups is 1. The zero-order chi connectivity index (χ0) is 19.3. The largest absolute Gasteiger partial charge is 0.289 e. The molecule has 0 unspecified atom stereocenters. The molecule has 0 aliphatic carbocycles.